The summed E-state index contributed by atoms with van der Waals surface area (Å²) in [6, 6.07) is 14.2. The van der Waals surface area contributed by atoms with Crippen LogP contribution in [0, 0.1) is 0 Å². The minimum atomic E-state index is -0.603. The summed E-state index contributed by atoms with van der Waals surface area (Å²) in [6.07, 6.45) is 1.00. The number of halogens is 1. The third-order valence-corrected chi connectivity index (χ3v) is 4.71. The summed E-state index contributed by atoms with van der Waals surface area (Å²) in [6.45, 7) is 0. The van der Waals surface area contributed by atoms with E-state index in [-0.39, 0.29) is 11.8 Å². The lowest BCUT2D eigenvalue weighted by molar-refractivity contribution is -0.134. The fourth-order valence-electron chi connectivity index (χ4n) is 3.12. The molecule has 0 aliphatic carbocycles. The molecule has 0 aromatic heterocycles. The first-order valence-electron chi connectivity index (χ1n) is 8.54. The third kappa shape index (κ3) is 4.17. The van der Waals surface area contributed by atoms with E-state index in [0.29, 0.717) is 17.9 Å². The zero-order valence-electron chi connectivity index (χ0n) is 14.8. The van der Waals surface area contributed by atoms with E-state index in [1.54, 1.807) is 20.2 Å². The van der Waals surface area contributed by atoms with E-state index in [9.17, 15) is 9.59 Å². The van der Waals surface area contributed by atoms with Crippen LogP contribution < -0.4 is 10.6 Å². The molecule has 1 aliphatic heterocycles. The molecule has 0 radical (unpaired) electrons. The van der Waals surface area contributed by atoms with Crippen LogP contribution >= 0.6 is 11.6 Å². The number of amides is 2. The molecule has 0 fully saturated rings. The molecule has 2 atom stereocenters. The molecule has 0 saturated heterocycles. The Labute approximate surface area is 158 Å². The van der Waals surface area contributed by atoms with Crippen LogP contribution in [0.5, 0.6) is 0 Å². The van der Waals surface area contributed by atoms with Crippen LogP contribution in [0.3, 0.4) is 0 Å². The van der Waals surface area contributed by atoms with Gasteiger partial charge in [0.1, 0.15) is 12.1 Å². The molecule has 0 spiro atoms. The Hall–Kier alpha value is -2.53. The van der Waals surface area contributed by atoms with E-state index in [1.165, 1.54) is 4.90 Å². The average molecular weight is 372 g/mol. The molecule has 2 aromatic carbocycles. The molecular weight excluding hydrogens is 350 g/mol. The number of anilines is 1. The van der Waals surface area contributed by atoms with E-state index >= 15 is 0 Å². The summed E-state index contributed by atoms with van der Waals surface area (Å²) in [7, 11) is 3.39. The van der Waals surface area contributed by atoms with Gasteiger partial charge in [0.05, 0.1) is 0 Å². The molecule has 2 N–H and O–H groups in total. The Morgan fingerprint density at radius 1 is 1.23 bits per heavy atom. The largest absolute Gasteiger partial charge is 0.373 e. The second-order valence-corrected chi connectivity index (χ2v) is 7.12. The van der Waals surface area contributed by atoms with Gasteiger partial charge in [0, 0.05) is 37.6 Å². The van der Waals surface area contributed by atoms with Crippen LogP contribution in [0.4, 0.5) is 5.69 Å². The molecule has 1 heterocycles. The molecule has 1 unspecified atom stereocenters. The standard InChI is InChI=1S/C20H22ClN3O2/c1-24(2)20(26)18(10-13-6-4-3-5-7-13)23-19(25)17-12-14-11-15(21)8-9-16(14)22-17/h3-9,11,17-18,22H,10,12H2,1-2H3,(H,23,25)/t17?,18-/m1/s1. The van der Waals surface area contributed by atoms with E-state index in [4.69, 9.17) is 11.6 Å². The van der Waals surface area contributed by atoms with Crippen LogP contribution in [0.25, 0.3) is 0 Å². The van der Waals surface area contributed by atoms with Crippen molar-refractivity contribution in [2.24, 2.45) is 0 Å². The second kappa shape index (κ2) is 7.79. The fourth-order valence-corrected chi connectivity index (χ4v) is 3.32. The van der Waals surface area contributed by atoms with Crippen LogP contribution in [0.2, 0.25) is 5.02 Å². The highest BCUT2D eigenvalue weighted by Gasteiger charge is 2.30. The zero-order valence-corrected chi connectivity index (χ0v) is 15.6. The normalized spacial score (nSPS) is 16.3. The summed E-state index contributed by atoms with van der Waals surface area (Å²) in [4.78, 5) is 26.8. The molecule has 5 nitrogen and oxygen atoms in total. The molecule has 136 valence electrons. The number of carbonyl (C=O) groups is 2. The Morgan fingerprint density at radius 2 is 1.96 bits per heavy atom. The molecule has 6 heteroatoms. The smallest absolute Gasteiger partial charge is 0.244 e. The van der Waals surface area contributed by atoms with Crippen LogP contribution in [0.1, 0.15) is 11.1 Å². The Balaban J connectivity index is 1.70. The van der Waals surface area contributed by atoms with Gasteiger partial charge in [-0.1, -0.05) is 41.9 Å². The van der Waals surface area contributed by atoms with E-state index < -0.39 is 12.1 Å². The highest BCUT2D eigenvalue weighted by molar-refractivity contribution is 6.30. The minimum absolute atomic E-state index is 0.124. The number of nitrogens with zero attached hydrogens (tertiary/aromatic N) is 1. The topological polar surface area (TPSA) is 61.4 Å². The molecule has 26 heavy (non-hydrogen) atoms. The van der Waals surface area contributed by atoms with Crippen molar-refractivity contribution in [1.82, 2.24) is 10.2 Å². The molecule has 3 rings (SSSR count). The second-order valence-electron chi connectivity index (χ2n) is 6.69. The number of hydrogen-bond donors (Lipinski definition) is 2. The van der Waals surface area contributed by atoms with Crippen molar-refractivity contribution in [2.75, 3.05) is 19.4 Å². The third-order valence-electron chi connectivity index (χ3n) is 4.48. The maximum absolute atomic E-state index is 12.7. The Morgan fingerprint density at radius 3 is 2.65 bits per heavy atom. The first-order chi connectivity index (χ1) is 12.4. The number of benzene rings is 2. The predicted octanol–water partition coefficient (Wildman–Crippen LogP) is 2.49. The van der Waals surface area contributed by atoms with Crippen molar-refractivity contribution in [3.63, 3.8) is 0 Å². The van der Waals surface area contributed by atoms with E-state index in [0.717, 1.165) is 16.8 Å². The number of carbonyl (C=O) groups excluding carboxylic acids is 2. The molecule has 0 saturated carbocycles. The van der Waals surface area contributed by atoms with Crippen LogP contribution in [-0.2, 0) is 22.4 Å². The van der Waals surface area contributed by atoms with Gasteiger partial charge in [-0.15, -0.1) is 0 Å². The molecule has 2 amide bonds. The average Bonchev–Trinajstić information content (AvgIpc) is 3.04. The van der Waals surface area contributed by atoms with Crippen molar-refractivity contribution < 1.29 is 9.59 Å². The van der Waals surface area contributed by atoms with Gasteiger partial charge < -0.3 is 15.5 Å². The highest BCUT2D eigenvalue weighted by Crippen LogP contribution is 2.28. The van der Waals surface area contributed by atoms with Crippen LogP contribution in [-0.4, -0.2) is 42.9 Å². The van der Waals surface area contributed by atoms with Crippen LogP contribution in [0.15, 0.2) is 48.5 Å². The molecule has 0 bridgehead atoms. The monoisotopic (exact) mass is 371 g/mol. The maximum atomic E-state index is 12.7. The Kier molecular flexibility index (Phi) is 5.47. The van der Waals surface area contributed by atoms with Gasteiger partial charge >= 0.3 is 0 Å². The SMILES string of the molecule is CN(C)C(=O)[C@@H](Cc1ccccc1)NC(=O)C1Cc2cc(Cl)ccc2N1. The van der Waals surface area contributed by atoms with Gasteiger partial charge in [-0.3, -0.25) is 9.59 Å². The van der Waals surface area contributed by atoms with E-state index in [2.05, 4.69) is 10.6 Å². The van der Waals surface area contributed by atoms with Gasteiger partial charge in [0.15, 0.2) is 0 Å². The number of fused-ring (bicyclic) bond motifs is 1. The van der Waals surface area contributed by atoms with Crippen molar-refractivity contribution >= 4 is 29.1 Å². The summed E-state index contributed by atoms with van der Waals surface area (Å²) in [5.74, 6) is -0.311. The van der Waals surface area contributed by atoms with Crippen molar-refractivity contribution in [1.29, 1.82) is 0 Å². The predicted molar refractivity (Wildman–Crippen MR) is 103 cm³/mol. The lowest BCUT2D eigenvalue weighted by Crippen LogP contribution is -2.51. The quantitative estimate of drug-likeness (QED) is 0.848. The van der Waals surface area contributed by atoms with Crippen molar-refractivity contribution in [3.8, 4) is 0 Å². The fraction of sp³-hybridized carbons (Fsp3) is 0.300. The summed E-state index contributed by atoms with van der Waals surface area (Å²) < 4.78 is 0. The number of nitrogens with one attached hydrogen (secondary N) is 2. The Bertz CT molecular complexity index is 808. The summed E-state index contributed by atoms with van der Waals surface area (Å²) in [5.41, 5.74) is 2.92. The number of hydrogen-bond acceptors (Lipinski definition) is 3. The van der Waals surface area contributed by atoms with Gasteiger partial charge in [0.2, 0.25) is 11.8 Å². The summed E-state index contributed by atoms with van der Waals surface area (Å²) in [5, 5.41) is 6.77. The lowest BCUT2D eigenvalue weighted by atomic mass is 10.0. The van der Waals surface area contributed by atoms with Gasteiger partial charge in [0.25, 0.3) is 0 Å². The molecule has 1 aliphatic rings. The lowest BCUT2D eigenvalue weighted by Gasteiger charge is -2.23. The maximum Gasteiger partial charge on any atom is 0.244 e. The van der Waals surface area contributed by atoms with Gasteiger partial charge in [-0.05, 0) is 29.3 Å². The van der Waals surface area contributed by atoms with Gasteiger partial charge in [-0.25, -0.2) is 0 Å². The number of rotatable bonds is 5. The molecule has 2 aromatic rings. The molecular formula is C20H22ClN3O2. The number of likely N-dealkylation sites (N-methyl/N-ethyl adjacent to an activating group) is 1. The van der Waals surface area contributed by atoms with Gasteiger partial charge in [-0.2, -0.15) is 0 Å². The van der Waals surface area contributed by atoms with Crippen molar-refractivity contribution in [2.45, 2.75) is 24.9 Å². The van der Waals surface area contributed by atoms with E-state index in [1.807, 2.05) is 42.5 Å². The van der Waals surface area contributed by atoms with Crippen molar-refractivity contribution in [3.05, 3.63) is 64.7 Å². The first-order valence-corrected chi connectivity index (χ1v) is 8.92. The first kappa shape index (κ1) is 18.3. The highest BCUT2D eigenvalue weighted by atomic mass is 35.5. The zero-order chi connectivity index (χ0) is 18.7. The summed E-state index contributed by atoms with van der Waals surface area (Å²) >= 11 is 6.02. The minimum Gasteiger partial charge on any atom is -0.373 e.